The number of hydrogen-bond donors (Lipinski definition) is 2. The van der Waals surface area contributed by atoms with E-state index < -0.39 is 5.91 Å². The van der Waals surface area contributed by atoms with Gasteiger partial charge in [0, 0.05) is 11.6 Å². The SMILES string of the molecule is O=C1C=C(CC=CO)C(=O)N1. The summed E-state index contributed by atoms with van der Waals surface area (Å²) in [4.78, 5) is 21.3. The van der Waals surface area contributed by atoms with E-state index in [2.05, 4.69) is 5.32 Å². The number of aliphatic hydroxyl groups excluding tert-OH is 1. The number of nitrogens with one attached hydrogen (secondary N) is 1. The van der Waals surface area contributed by atoms with E-state index in [1.54, 1.807) is 0 Å². The van der Waals surface area contributed by atoms with E-state index in [0.717, 1.165) is 6.26 Å². The van der Waals surface area contributed by atoms with Crippen LogP contribution in [0.25, 0.3) is 0 Å². The van der Waals surface area contributed by atoms with Crippen LogP contribution >= 0.6 is 0 Å². The molecule has 0 saturated carbocycles. The molecule has 1 heterocycles. The van der Waals surface area contributed by atoms with Gasteiger partial charge in [-0.15, -0.1) is 0 Å². The molecule has 0 fully saturated rings. The van der Waals surface area contributed by atoms with Gasteiger partial charge in [0.1, 0.15) is 0 Å². The number of allylic oxidation sites excluding steroid dienone is 1. The fraction of sp³-hybridized carbons (Fsp3) is 0.143. The van der Waals surface area contributed by atoms with Gasteiger partial charge in [0.2, 0.25) is 0 Å². The van der Waals surface area contributed by atoms with Crippen molar-refractivity contribution in [3.05, 3.63) is 24.0 Å². The van der Waals surface area contributed by atoms with Crippen LogP contribution in [-0.2, 0) is 9.59 Å². The normalized spacial score (nSPS) is 17.3. The van der Waals surface area contributed by atoms with Crippen LogP contribution in [0.4, 0.5) is 0 Å². The molecule has 4 heteroatoms. The summed E-state index contributed by atoms with van der Waals surface area (Å²) in [6.45, 7) is 0. The average Bonchev–Trinajstić information content (AvgIpc) is 2.26. The van der Waals surface area contributed by atoms with Crippen molar-refractivity contribution < 1.29 is 14.7 Å². The number of rotatable bonds is 2. The lowest BCUT2D eigenvalue weighted by molar-refractivity contribution is -0.123. The van der Waals surface area contributed by atoms with Gasteiger partial charge >= 0.3 is 0 Å². The Bertz CT molecular complexity index is 252. The monoisotopic (exact) mass is 153 g/mol. The van der Waals surface area contributed by atoms with Gasteiger partial charge in [-0.2, -0.15) is 0 Å². The molecule has 11 heavy (non-hydrogen) atoms. The second kappa shape index (κ2) is 3.01. The fourth-order valence-corrected chi connectivity index (χ4v) is 0.783. The zero-order valence-electron chi connectivity index (χ0n) is 5.70. The Kier molecular flexibility index (Phi) is 2.06. The molecule has 0 aromatic carbocycles. The molecule has 0 aromatic heterocycles. The number of imide groups is 1. The summed E-state index contributed by atoms with van der Waals surface area (Å²) < 4.78 is 0. The zero-order chi connectivity index (χ0) is 8.27. The van der Waals surface area contributed by atoms with Crippen LogP contribution in [0.1, 0.15) is 6.42 Å². The van der Waals surface area contributed by atoms with E-state index >= 15 is 0 Å². The molecule has 2 amide bonds. The first kappa shape index (κ1) is 7.53. The van der Waals surface area contributed by atoms with Crippen molar-refractivity contribution >= 4 is 11.8 Å². The lowest BCUT2D eigenvalue weighted by Gasteiger charge is -1.90. The average molecular weight is 153 g/mol. The van der Waals surface area contributed by atoms with E-state index in [1.165, 1.54) is 12.2 Å². The summed E-state index contributed by atoms with van der Waals surface area (Å²) in [5.41, 5.74) is 0.375. The lowest BCUT2D eigenvalue weighted by Crippen LogP contribution is -2.21. The molecule has 58 valence electrons. The summed E-state index contributed by atoms with van der Waals surface area (Å²) in [6, 6.07) is 0. The van der Waals surface area contributed by atoms with E-state index in [9.17, 15) is 9.59 Å². The molecule has 0 aliphatic carbocycles. The van der Waals surface area contributed by atoms with Crippen molar-refractivity contribution in [2.45, 2.75) is 6.42 Å². The molecule has 0 spiro atoms. The van der Waals surface area contributed by atoms with Gasteiger partial charge in [0.25, 0.3) is 11.8 Å². The third-order valence-electron chi connectivity index (χ3n) is 1.28. The third kappa shape index (κ3) is 1.67. The Balaban J connectivity index is 2.64. The van der Waals surface area contributed by atoms with Crippen LogP contribution in [0.2, 0.25) is 0 Å². The number of carbonyl (C=O) groups excluding carboxylic acids is 2. The maximum Gasteiger partial charge on any atom is 0.254 e. The summed E-state index contributed by atoms with van der Waals surface area (Å²) >= 11 is 0. The Morgan fingerprint density at radius 2 is 2.27 bits per heavy atom. The first-order valence-corrected chi connectivity index (χ1v) is 3.09. The fourth-order valence-electron chi connectivity index (χ4n) is 0.783. The third-order valence-corrected chi connectivity index (χ3v) is 1.28. The lowest BCUT2D eigenvalue weighted by atomic mass is 10.2. The summed E-state index contributed by atoms with van der Waals surface area (Å²) in [5, 5.41) is 10.3. The predicted molar refractivity (Wildman–Crippen MR) is 37.6 cm³/mol. The zero-order valence-corrected chi connectivity index (χ0v) is 5.70. The smallest absolute Gasteiger partial charge is 0.254 e. The van der Waals surface area contributed by atoms with Crippen LogP contribution in [0.15, 0.2) is 24.0 Å². The van der Waals surface area contributed by atoms with Crippen LogP contribution in [0, 0.1) is 0 Å². The molecule has 0 aromatic rings. The van der Waals surface area contributed by atoms with Gasteiger partial charge < -0.3 is 5.11 Å². The molecule has 0 saturated heterocycles. The Morgan fingerprint density at radius 3 is 2.73 bits per heavy atom. The highest BCUT2D eigenvalue weighted by Gasteiger charge is 2.18. The first-order valence-electron chi connectivity index (χ1n) is 3.09. The topological polar surface area (TPSA) is 66.4 Å². The molecule has 1 aliphatic heterocycles. The number of hydrogen-bond acceptors (Lipinski definition) is 3. The van der Waals surface area contributed by atoms with Crippen molar-refractivity contribution in [1.82, 2.24) is 5.32 Å². The first-order chi connectivity index (χ1) is 5.24. The van der Waals surface area contributed by atoms with E-state index in [4.69, 9.17) is 5.11 Å². The van der Waals surface area contributed by atoms with Crippen LogP contribution < -0.4 is 5.32 Å². The van der Waals surface area contributed by atoms with Gasteiger partial charge in [-0.05, 0) is 12.5 Å². The highest BCUT2D eigenvalue weighted by molar-refractivity contribution is 6.16. The van der Waals surface area contributed by atoms with Crippen molar-refractivity contribution in [2.24, 2.45) is 0 Å². The quantitative estimate of drug-likeness (QED) is 0.434. The largest absolute Gasteiger partial charge is 0.516 e. The van der Waals surface area contributed by atoms with Gasteiger partial charge in [-0.3, -0.25) is 14.9 Å². The number of aliphatic hydroxyl groups is 1. The highest BCUT2D eigenvalue weighted by atomic mass is 16.2. The number of amides is 2. The minimum absolute atomic E-state index is 0.286. The summed E-state index contributed by atoms with van der Waals surface area (Å²) in [5.74, 6) is -0.774. The van der Waals surface area contributed by atoms with Crippen molar-refractivity contribution in [3.8, 4) is 0 Å². The molecule has 1 aliphatic rings. The molecule has 1 rings (SSSR count). The Labute approximate surface area is 63.2 Å². The molecule has 2 N–H and O–H groups in total. The van der Waals surface area contributed by atoms with Crippen molar-refractivity contribution in [3.63, 3.8) is 0 Å². The second-order valence-electron chi connectivity index (χ2n) is 2.08. The highest BCUT2D eigenvalue weighted by Crippen LogP contribution is 2.07. The second-order valence-corrected chi connectivity index (χ2v) is 2.08. The molecule has 0 radical (unpaired) electrons. The van der Waals surface area contributed by atoms with Gasteiger partial charge in [-0.1, -0.05) is 0 Å². The standard InChI is InChI=1S/C7H7NO3/c9-3-1-2-5-4-6(10)8-7(5)11/h1,3-4,9H,2H2,(H,8,10,11). The van der Waals surface area contributed by atoms with Crippen LogP contribution in [-0.4, -0.2) is 16.9 Å². The molecule has 4 nitrogen and oxygen atoms in total. The minimum atomic E-state index is -0.392. The van der Waals surface area contributed by atoms with E-state index in [1.807, 2.05) is 0 Å². The van der Waals surface area contributed by atoms with Crippen LogP contribution in [0.3, 0.4) is 0 Å². The van der Waals surface area contributed by atoms with Crippen molar-refractivity contribution in [2.75, 3.05) is 0 Å². The van der Waals surface area contributed by atoms with E-state index in [-0.39, 0.29) is 12.3 Å². The maximum absolute atomic E-state index is 10.8. The minimum Gasteiger partial charge on any atom is -0.516 e. The van der Waals surface area contributed by atoms with Crippen molar-refractivity contribution in [1.29, 1.82) is 0 Å². The molecule has 0 atom stereocenters. The number of carbonyl (C=O) groups is 2. The molecule has 0 bridgehead atoms. The van der Waals surface area contributed by atoms with Gasteiger partial charge in [0.05, 0.1) is 6.26 Å². The Morgan fingerprint density at radius 1 is 1.55 bits per heavy atom. The summed E-state index contributed by atoms with van der Waals surface area (Å²) in [6.07, 6.45) is 3.75. The molecule has 0 unspecified atom stereocenters. The van der Waals surface area contributed by atoms with Gasteiger partial charge in [0.15, 0.2) is 0 Å². The molecular weight excluding hydrogens is 146 g/mol. The van der Waals surface area contributed by atoms with E-state index in [0.29, 0.717) is 5.57 Å². The van der Waals surface area contributed by atoms with Gasteiger partial charge in [-0.25, -0.2) is 0 Å². The Hall–Kier alpha value is -1.58. The predicted octanol–water partition coefficient (Wildman–Crippen LogP) is 0.0310. The van der Waals surface area contributed by atoms with Crippen LogP contribution in [0.5, 0.6) is 0 Å². The molecular formula is C7H7NO3. The maximum atomic E-state index is 10.8. The summed E-state index contributed by atoms with van der Waals surface area (Å²) in [7, 11) is 0.